The molecule has 0 aromatic carbocycles. The minimum absolute atomic E-state index is 0.717. The molecule has 2 aromatic rings. The van der Waals surface area contributed by atoms with E-state index in [1.165, 1.54) is 16.2 Å². The van der Waals surface area contributed by atoms with E-state index in [4.69, 9.17) is 5.73 Å². The fraction of sp³-hybridized carbons (Fsp3) is 0.300. The molecule has 14 heavy (non-hydrogen) atoms. The molecule has 0 radical (unpaired) electrons. The summed E-state index contributed by atoms with van der Waals surface area (Å²) in [6.45, 7) is 2.18. The van der Waals surface area contributed by atoms with Gasteiger partial charge in [0.2, 0.25) is 0 Å². The number of rotatable bonds is 3. The second kappa shape index (κ2) is 3.84. The quantitative estimate of drug-likeness (QED) is 0.813. The van der Waals surface area contributed by atoms with Gasteiger partial charge in [0.05, 0.1) is 22.5 Å². The largest absolute Gasteiger partial charge is 0.396 e. The summed E-state index contributed by atoms with van der Waals surface area (Å²) in [5.74, 6) is 0. The number of hydrogen-bond acceptors (Lipinski definition) is 3. The molecule has 0 unspecified atom stereocenters. The molecule has 2 rings (SSSR count). The molecule has 3 nitrogen and oxygen atoms in total. The molecule has 0 atom stereocenters. The molecule has 2 heterocycles. The van der Waals surface area contributed by atoms with Crippen molar-refractivity contribution in [1.82, 2.24) is 10.2 Å². The van der Waals surface area contributed by atoms with Gasteiger partial charge < -0.3 is 5.73 Å². The number of aromatic nitrogens is 2. The Kier molecular flexibility index (Phi) is 2.54. The van der Waals surface area contributed by atoms with Gasteiger partial charge in [-0.05, 0) is 18.6 Å². The number of aromatic amines is 1. The maximum Gasteiger partial charge on any atom is 0.0979 e. The maximum absolute atomic E-state index is 5.77. The standard InChI is InChI=1S/C10H13N3S/c1-2-3-7-4-5-9(14-7)10-8(11)6-12-13-10/h4-6H,2-3,11H2,1H3,(H,12,13). The molecule has 0 aliphatic carbocycles. The van der Waals surface area contributed by atoms with Gasteiger partial charge in [-0.15, -0.1) is 11.3 Å². The van der Waals surface area contributed by atoms with Crippen LogP contribution in [0.2, 0.25) is 0 Å². The lowest BCUT2D eigenvalue weighted by Gasteiger charge is -1.93. The summed E-state index contributed by atoms with van der Waals surface area (Å²) in [5, 5.41) is 6.82. The molecule has 2 aromatic heterocycles. The topological polar surface area (TPSA) is 54.7 Å². The third kappa shape index (κ3) is 1.65. The number of thiophene rings is 1. The molecule has 4 heteroatoms. The summed E-state index contributed by atoms with van der Waals surface area (Å²) in [6, 6.07) is 4.25. The second-order valence-electron chi connectivity index (χ2n) is 3.22. The van der Waals surface area contributed by atoms with Gasteiger partial charge in [-0.25, -0.2) is 0 Å². The van der Waals surface area contributed by atoms with Gasteiger partial charge in [0, 0.05) is 4.88 Å². The Balaban J connectivity index is 2.29. The lowest BCUT2D eigenvalue weighted by molar-refractivity contribution is 0.940. The molecule has 0 bridgehead atoms. The van der Waals surface area contributed by atoms with Crippen LogP contribution in [0, 0.1) is 0 Å². The second-order valence-corrected chi connectivity index (χ2v) is 4.38. The predicted octanol–water partition coefficient (Wildman–Crippen LogP) is 2.67. The highest BCUT2D eigenvalue weighted by Crippen LogP contribution is 2.30. The number of hydrogen-bond donors (Lipinski definition) is 2. The van der Waals surface area contributed by atoms with Crippen LogP contribution in [0.15, 0.2) is 18.3 Å². The number of nitrogens with one attached hydrogen (secondary N) is 1. The summed E-state index contributed by atoms with van der Waals surface area (Å²) in [5.41, 5.74) is 7.43. The van der Waals surface area contributed by atoms with Gasteiger partial charge in [0.25, 0.3) is 0 Å². The van der Waals surface area contributed by atoms with Crippen molar-refractivity contribution in [2.24, 2.45) is 0 Å². The van der Waals surface area contributed by atoms with E-state index in [2.05, 4.69) is 29.3 Å². The van der Waals surface area contributed by atoms with Crippen molar-refractivity contribution in [3.63, 3.8) is 0 Å². The highest BCUT2D eigenvalue weighted by Gasteiger charge is 2.07. The fourth-order valence-electron chi connectivity index (χ4n) is 1.39. The van der Waals surface area contributed by atoms with Gasteiger partial charge in [-0.2, -0.15) is 5.10 Å². The highest BCUT2D eigenvalue weighted by molar-refractivity contribution is 7.15. The van der Waals surface area contributed by atoms with Gasteiger partial charge in [-0.3, -0.25) is 5.10 Å². The summed E-state index contributed by atoms with van der Waals surface area (Å²) < 4.78 is 0. The lowest BCUT2D eigenvalue weighted by atomic mass is 10.3. The Labute approximate surface area is 87.0 Å². The van der Waals surface area contributed by atoms with Crippen LogP contribution in [0.25, 0.3) is 10.6 Å². The van der Waals surface area contributed by atoms with Crippen LogP contribution in [-0.4, -0.2) is 10.2 Å². The number of aryl methyl sites for hydroxylation is 1. The van der Waals surface area contributed by atoms with Crippen molar-refractivity contribution in [1.29, 1.82) is 0 Å². The Morgan fingerprint density at radius 1 is 1.50 bits per heavy atom. The third-order valence-electron chi connectivity index (χ3n) is 2.07. The van der Waals surface area contributed by atoms with Crippen molar-refractivity contribution in [2.75, 3.05) is 5.73 Å². The SMILES string of the molecule is CCCc1ccc(-c2[nH]ncc2N)s1. The van der Waals surface area contributed by atoms with Gasteiger partial charge in [-0.1, -0.05) is 13.3 Å². The fourth-order valence-corrected chi connectivity index (χ4v) is 2.51. The van der Waals surface area contributed by atoms with Gasteiger partial charge in [0.1, 0.15) is 0 Å². The molecular weight excluding hydrogens is 194 g/mol. The number of nitrogens with zero attached hydrogens (tertiary/aromatic N) is 1. The molecular formula is C10H13N3S. The van der Waals surface area contributed by atoms with E-state index in [-0.39, 0.29) is 0 Å². The molecule has 74 valence electrons. The van der Waals surface area contributed by atoms with Crippen LogP contribution in [0.5, 0.6) is 0 Å². The molecule has 0 saturated heterocycles. The van der Waals surface area contributed by atoms with Gasteiger partial charge >= 0.3 is 0 Å². The predicted molar refractivity (Wildman–Crippen MR) is 60.3 cm³/mol. The van der Waals surface area contributed by atoms with Crippen molar-refractivity contribution in [3.05, 3.63) is 23.2 Å². The van der Waals surface area contributed by atoms with E-state index < -0.39 is 0 Å². The summed E-state index contributed by atoms with van der Waals surface area (Å²) >= 11 is 1.78. The average molecular weight is 207 g/mol. The van der Waals surface area contributed by atoms with Crippen LogP contribution < -0.4 is 5.73 Å². The van der Waals surface area contributed by atoms with Gasteiger partial charge in [0.15, 0.2) is 0 Å². The van der Waals surface area contributed by atoms with Crippen LogP contribution in [0.1, 0.15) is 18.2 Å². The third-order valence-corrected chi connectivity index (χ3v) is 3.24. The summed E-state index contributed by atoms with van der Waals surface area (Å²) in [7, 11) is 0. The van der Waals surface area contributed by atoms with Crippen molar-refractivity contribution in [2.45, 2.75) is 19.8 Å². The number of H-pyrrole nitrogens is 1. The first-order chi connectivity index (χ1) is 6.81. The monoisotopic (exact) mass is 207 g/mol. The van der Waals surface area contributed by atoms with E-state index in [1.54, 1.807) is 17.5 Å². The summed E-state index contributed by atoms with van der Waals surface area (Å²) in [4.78, 5) is 2.57. The minimum atomic E-state index is 0.717. The number of nitrogen functional groups attached to an aromatic ring is 1. The van der Waals surface area contributed by atoms with E-state index in [9.17, 15) is 0 Å². The smallest absolute Gasteiger partial charge is 0.0979 e. The first-order valence-electron chi connectivity index (χ1n) is 4.69. The Morgan fingerprint density at radius 3 is 3.00 bits per heavy atom. The molecule has 0 saturated carbocycles. The summed E-state index contributed by atoms with van der Waals surface area (Å²) in [6.07, 6.45) is 3.96. The zero-order chi connectivity index (χ0) is 9.97. The first kappa shape index (κ1) is 9.27. The van der Waals surface area contributed by atoms with E-state index >= 15 is 0 Å². The van der Waals surface area contributed by atoms with E-state index in [1.807, 2.05) is 0 Å². The van der Waals surface area contributed by atoms with Crippen LogP contribution in [-0.2, 0) is 6.42 Å². The Bertz CT molecular complexity index is 416. The molecule has 0 fully saturated rings. The molecule has 0 aliphatic heterocycles. The average Bonchev–Trinajstić information content (AvgIpc) is 2.74. The van der Waals surface area contributed by atoms with Crippen molar-refractivity contribution in [3.8, 4) is 10.6 Å². The Morgan fingerprint density at radius 2 is 2.36 bits per heavy atom. The first-order valence-corrected chi connectivity index (χ1v) is 5.51. The number of anilines is 1. The molecule has 0 amide bonds. The zero-order valence-electron chi connectivity index (χ0n) is 8.08. The highest BCUT2D eigenvalue weighted by atomic mass is 32.1. The number of nitrogens with two attached hydrogens (primary N) is 1. The molecule has 3 N–H and O–H groups in total. The minimum Gasteiger partial charge on any atom is -0.396 e. The molecule has 0 aliphatic rings. The van der Waals surface area contributed by atoms with Crippen LogP contribution in [0.3, 0.4) is 0 Å². The van der Waals surface area contributed by atoms with E-state index in [0.717, 1.165) is 17.8 Å². The van der Waals surface area contributed by atoms with Crippen LogP contribution in [0.4, 0.5) is 5.69 Å². The Hall–Kier alpha value is -1.29. The normalized spacial score (nSPS) is 10.6. The molecule has 0 spiro atoms. The lowest BCUT2D eigenvalue weighted by Crippen LogP contribution is -1.83. The maximum atomic E-state index is 5.77. The van der Waals surface area contributed by atoms with Crippen molar-refractivity contribution >= 4 is 17.0 Å². The van der Waals surface area contributed by atoms with E-state index in [0.29, 0.717) is 0 Å². The zero-order valence-corrected chi connectivity index (χ0v) is 8.90. The van der Waals surface area contributed by atoms with Crippen LogP contribution >= 0.6 is 11.3 Å². The van der Waals surface area contributed by atoms with Crippen molar-refractivity contribution < 1.29 is 0 Å².